The smallest absolute Gasteiger partial charge is 0.249 e. The molecule has 3 nitrogen and oxygen atoms in total. The zero-order valence-corrected chi connectivity index (χ0v) is 15.1. The van der Waals surface area contributed by atoms with E-state index in [2.05, 4.69) is 9.97 Å². The maximum atomic E-state index is 14.3. The molecule has 0 spiro atoms. The molecule has 2 heterocycles. The summed E-state index contributed by atoms with van der Waals surface area (Å²) in [5.74, 6) is -1.47. The van der Waals surface area contributed by atoms with E-state index < -0.39 is 17.2 Å². The molecule has 1 N–H and O–H groups in total. The molecule has 0 aliphatic rings. The van der Waals surface area contributed by atoms with Gasteiger partial charge in [0.1, 0.15) is 11.6 Å². The molecule has 4 rings (SSSR count). The first-order valence-electron chi connectivity index (χ1n) is 7.87. The number of fused-ring (bicyclic) bond motifs is 1. The number of nitrogens with one attached hydrogen (secondary N) is 1. The molecule has 0 aliphatic heterocycles. The van der Waals surface area contributed by atoms with Gasteiger partial charge in [-0.3, -0.25) is 9.78 Å². The molecule has 0 amide bonds. The summed E-state index contributed by atoms with van der Waals surface area (Å²) >= 11 is 12.6. The minimum atomic E-state index is -0.768. The van der Waals surface area contributed by atoms with Crippen molar-refractivity contribution in [1.82, 2.24) is 9.97 Å². The van der Waals surface area contributed by atoms with E-state index in [0.717, 1.165) is 12.1 Å². The zero-order chi connectivity index (χ0) is 19.1. The van der Waals surface area contributed by atoms with Crippen molar-refractivity contribution in [2.75, 3.05) is 0 Å². The van der Waals surface area contributed by atoms with Gasteiger partial charge in [-0.15, -0.1) is 0 Å². The average molecular weight is 403 g/mol. The summed E-state index contributed by atoms with van der Waals surface area (Å²) < 4.78 is 27.6. The van der Waals surface area contributed by atoms with Crippen LogP contribution in [-0.2, 0) is 0 Å². The molecule has 0 aliphatic carbocycles. The number of pyridine rings is 2. The molecule has 0 atom stereocenters. The van der Waals surface area contributed by atoms with Crippen LogP contribution < -0.4 is 5.56 Å². The molecule has 0 saturated carbocycles. The van der Waals surface area contributed by atoms with Crippen LogP contribution >= 0.6 is 23.2 Å². The Labute approximate surface area is 162 Å². The van der Waals surface area contributed by atoms with Gasteiger partial charge in [-0.05, 0) is 35.9 Å². The number of hydrogen-bond donors (Lipinski definition) is 1. The number of H-pyrrole nitrogens is 1. The van der Waals surface area contributed by atoms with Crippen molar-refractivity contribution in [2.45, 2.75) is 0 Å². The van der Waals surface area contributed by atoms with E-state index in [1.54, 1.807) is 24.3 Å². The Balaban J connectivity index is 2.09. The zero-order valence-electron chi connectivity index (χ0n) is 13.6. The highest BCUT2D eigenvalue weighted by Gasteiger charge is 2.17. The Morgan fingerprint density at radius 3 is 2.37 bits per heavy atom. The molecule has 0 bridgehead atoms. The highest BCUT2D eigenvalue weighted by molar-refractivity contribution is 6.39. The minimum absolute atomic E-state index is 0.106. The Kier molecular flexibility index (Phi) is 4.42. The van der Waals surface area contributed by atoms with Crippen molar-refractivity contribution in [2.24, 2.45) is 0 Å². The van der Waals surface area contributed by atoms with E-state index in [-0.39, 0.29) is 5.56 Å². The molecule has 7 heteroatoms. The van der Waals surface area contributed by atoms with E-state index in [9.17, 15) is 13.6 Å². The lowest BCUT2D eigenvalue weighted by Crippen LogP contribution is -2.07. The fraction of sp³-hybridized carbons (Fsp3) is 0. The monoisotopic (exact) mass is 402 g/mol. The fourth-order valence-corrected chi connectivity index (χ4v) is 3.60. The van der Waals surface area contributed by atoms with Gasteiger partial charge in [0.2, 0.25) is 5.56 Å². The Bertz CT molecular complexity index is 1230. The third-order valence-electron chi connectivity index (χ3n) is 4.19. The van der Waals surface area contributed by atoms with Crippen molar-refractivity contribution < 1.29 is 8.78 Å². The van der Waals surface area contributed by atoms with Gasteiger partial charge < -0.3 is 4.98 Å². The van der Waals surface area contributed by atoms with Crippen LogP contribution in [0.5, 0.6) is 0 Å². The van der Waals surface area contributed by atoms with Crippen molar-refractivity contribution in [1.29, 1.82) is 0 Å². The topological polar surface area (TPSA) is 45.8 Å². The molecule has 4 aromatic rings. The van der Waals surface area contributed by atoms with Crippen LogP contribution in [0, 0.1) is 11.6 Å². The first-order valence-corrected chi connectivity index (χ1v) is 8.63. The van der Waals surface area contributed by atoms with Crippen molar-refractivity contribution in [3.63, 3.8) is 0 Å². The normalized spacial score (nSPS) is 11.1. The van der Waals surface area contributed by atoms with Crippen LogP contribution in [0.3, 0.4) is 0 Å². The number of halogens is 4. The molecule has 0 saturated heterocycles. The molecular formula is C20H10Cl2F2N2O. The minimum Gasteiger partial charge on any atom is -0.320 e. The molecule has 2 aromatic heterocycles. The van der Waals surface area contributed by atoms with Crippen molar-refractivity contribution in [3.05, 3.63) is 86.8 Å². The summed E-state index contributed by atoms with van der Waals surface area (Å²) in [5, 5.41) is 1.25. The Hall–Kier alpha value is -2.76. The third-order valence-corrected chi connectivity index (χ3v) is 4.82. The second-order valence-corrected chi connectivity index (χ2v) is 6.66. The number of aromatic nitrogens is 2. The van der Waals surface area contributed by atoms with Crippen molar-refractivity contribution in [3.8, 4) is 22.4 Å². The summed E-state index contributed by atoms with van der Waals surface area (Å²) in [4.78, 5) is 19.3. The number of rotatable bonds is 2. The number of aromatic amines is 1. The first kappa shape index (κ1) is 17.6. The summed E-state index contributed by atoms with van der Waals surface area (Å²) in [5.41, 5.74) is 1.15. The predicted octanol–water partition coefficient (Wildman–Crippen LogP) is 5.84. The van der Waals surface area contributed by atoms with Crippen LogP contribution in [0.15, 0.2) is 59.5 Å². The van der Waals surface area contributed by atoms with Crippen LogP contribution in [0.4, 0.5) is 8.78 Å². The molecule has 134 valence electrons. The van der Waals surface area contributed by atoms with Gasteiger partial charge in [-0.25, -0.2) is 8.78 Å². The number of hydrogen-bond acceptors (Lipinski definition) is 2. The van der Waals surface area contributed by atoms with E-state index >= 15 is 0 Å². The lowest BCUT2D eigenvalue weighted by atomic mass is 9.99. The summed E-state index contributed by atoms with van der Waals surface area (Å²) in [6.45, 7) is 0. The molecule has 0 radical (unpaired) electrons. The number of benzene rings is 2. The third kappa shape index (κ3) is 3.09. The quantitative estimate of drug-likeness (QED) is 0.457. The fourth-order valence-electron chi connectivity index (χ4n) is 3.03. The van der Waals surface area contributed by atoms with E-state index in [1.807, 2.05) is 0 Å². The van der Waals surface area contributed by atoms with Crippen LogP contribution in [0.1, 0.15) is 0 Å². The standard InChI is InChI=1S/C20H10Cl2F2N2O/c21-14-2-1-3-15(22)18(14)20-19-12(6-7-25-20)13(9-17(27)26-19)11-5-4-10(23)8-16(11)24/h1-9H,(H,26,27). The highest BCUT2D eigenvalue weighted by atomic mass is 35.5. The van der Waals surface area contributed by atoms with Crippen LogP contribution in [0.25, 0.3) is 33.3 Å². The van der Waals surface area contributed by atoms with Gasteiger partial charge in [0.15, 0.2) is 0 Å². The summed E-state index contributed by atoms with van der Waals surface area (Å²) in [6.07, 6.45) is 1.51. The van der Waals surface area contributed by atoms with Crippen molar-refractivity contribution >= 4 is 34.1 Å². The second-order valence-electron chi connectivity index (χ2n) is 5.85. The maximum Gasteiger partial charge on any atom is 0.249 e. The second kappa shape index (κ2) is 6.76. The maximum absolute atomic E-state index is 14.3. The number of nitrogens with zero attached hydrogens (tertiary/aromatic N) is 1. The van der Waals surface area contributed by atoms with E-state index in [4.69, 9.17) is 23.2 Å². The van der Waals surface area contributed by atoms with Crippen LogP contribution in [-0.4, -0.2) is 9.97 Å². The SMILES string of the molecule is O=c1cc(-c2ccc(F)cc2F)c2ccnc(-c3c(Cl)cccc3Cl)c2[nH]1. The molecular weight excluding hydrogens is 393 g/mol. The predicted molar refractivity (Wildman–Crippen MR) is 103 cm³/mol. The Morgan fingerprint density at radius 2 is 1.67 bits per heavy atom. The van der Waals surface area contributed by atoms with Gasteiger partial charge in [0.05, 0.1) is 21.3 Å². The molecule has 27 heavy (non-hydrogen) atoms. The van der Waals surface area contributed by atoms with E-state index in [0.29, 0.717) is 37.8 Å². The molecule has 2 aromatic carbocycles. The van der Waals surface area contributed by atoms with Gasteiger partial charge in [0.25, 0.3) is 0 Å². The van der Waals surface area contributed by atoms with Crippen LogP contribution in [0.2, 0.25) is 10.0 Å². The lowest BCUT2D eigenvalue weighted by molar-refractivity contribution is 0.585. The molecule has 0 fully saturated rings. The lowest BCUT2D eigenvalue weighted by Gasteiger charge is -2.12. The van der Waals surface area contributed by atoms with Gasteiger partial charge in [-0.1, -0.05) is 29.3 Å². The van der Waals surface area contributed by atoms with E-state index in [1.165, 1.54) is 18.3 Å². The van der Waals surface area contributed by atoms with Gasteiger partial charge >= 0.3 is 0 Å². The highest BCUT2D eigenvalue weighted by Crippen LogP contribution is 2.38. The molecule has 0 unspecified atom stereocenters. The average Bonchev–Trinajstić information content (AvgIpc) is 2.61. The first-order chi connectivity index (χ1) is 13.0. The van der Waals surface area contributed by atoms with Gasteiger partial charge in [0, 0.05) is 34.8 Å². The summed E-state index contributed by atoms with van der Waals surface area (Å²) in [7, 11) is 0. The largest absolute Gasteiger partial charge is 0.320 e. The summed E-state index contributed by atoms with van der Waals surface area (Å²) in [6, 6.07) is 11.1. The Morgan fingerprint density at radius 1 is 0.926 bits per heavy atom. The van der Waals surface area contributed by atoms with Gasteiger partial charge in [-0.2, -0.15) is 0 Å².